The van der Waals surface area contributed by atoms with Gasteiger partial charge in [0.15, 0.2) is 0 Å². The number of carbonyl (C=O) groups excluding carboxylic acids is 2. The topological polar surface area (TPSA) is 105 Å². The smallest absolute Gasteiger partial charge is 0.410 e. The Morgan fingerprint density at radius 1 is 1.07 bits per heavy atom. The van der Waals surface area contributed by atoms with Crippen LogP contribution in [0.4, 0.5) is 20.8 Å². The lowest BCUT2D eigenvalue weighted by molar-refractivity contribution is -0.115. The number of halogens is 2. The molecule has 5 heterocycles. The Kier molecular flexibility index (Phi) is 8.10. The Bertz CT molecular complexity index is 1720. The van der Waals surface area contributed by atoms with Crippen LogP contribution in [-0.4, -0.2) is 62.1 Å². The maximum Gasteiger partial charge on any atom is 0.410 e. The Morgan fingerprint density at radius 3 is 2.69 bits per heavy atom. The molecule has 12 heteroatoms. The lowest BCUT2D eigenvalue weighted by atomic mass is 9.95. The molecule has 0 aliphatic carbocycles. The monoisotopic (exact) mass is 629 g/mol. The molecule has 1 unspecified atom stereocenters. The first-order valence-electron chi connectivity index (χ1n) is 15.3. The van der Waals surface area contributed by atoms with Gasteiger partial charge in [0.25, 0.3) is 0 Å². The van der Waals surface area contributed by atoms with Crippen LogP contribution < -0.4 is 10.2 Å². The molecule has 0 saturated carbocycles. The summed E-state index contributed by atoms with van der Waals surface area (Å²) in [5.41, 5.74) is 3.24. The third-order valence-electron chi connectivity index (χ3n) is 8.92. The molecule has 2 saturated heterocycles. The second-order valence-corrected chi connectivity index (χ2v) is 12.2. The molecule has 0 bridgehead atoms. The average molecular weight is 630 g/mol. The molecule has 45 heavy (non-hydrogen) atoms. The van der Waals surface area contributed by atoms with Crippen molar-refractivity contribution in [1.29, 1.82) is 0 Å². The number of hydrogen-bond acceptors (Lipinski definition) is 7. The lowest BCUT2D eigenvalue weighted by Gasteiger charge is -2.34. The summed E-state index contributed by atoms with van der Waals surface area (Å²) in [5, 5.41) is 2.85. The van der Waals surface area contributed by atoms with E-state index in [4.69, 9.17) is 21.3 Å². The maximum atomic E-state index is 14.0. The maximum absolute atomic E-state index is 14.0. The zero-order valence-electron chi connectivity index (χ0n) is 24.7. The molecule has 10 nitrogen and oxygen atoms in total. The highest BCUT2D eigenvalue weighted by molar-refractivity contribution is 6.31. The number of carbonyl (C=O) groups is 2. The molecular formula is C33H33ClFN7O3. The second kappa shape index (κ2) is 12.5. The summed E-state index contributed by atoms with van der Waals surface area (Å²) in [7, 11) is 0. The van der Waals surface area contributed by atoms with Gasteiger partial charge in [0.05, 0.1) is 23.2 Å². The van der Waals surface area contributed by atoms with E-state index in [2.05, 4.69) is 24.8 Å². The molecule has 2 amide bonds. The SMILES string of the molecule is O=C1Cc2c(ncnc2N2CCC(c3nc(-c4ccc(F)c(Cl)c4)cn3CC3CCCN3C(=O)OCc3ccccc3)CC2)N1. The highest BCUT2D eigenvalue weighted by Gasteiger charge is 2.34. The molecule has 232 valence electrons. The Labute approximate surface area is 265 Å². The van der Waals surface area contributed by atoms with E-state index in [1.54, 1.807) is 12.1 Å². The summed E-state index contributed by atoms with van der Waals surface area (Å²) in [5.74, 6) is 1.93. The minimum absolute atomic E-state index is 0.0420. The van der Waals surface area contributed by atoms with Crippen LogP contribution >= 0.6 is 11.6 Å². The van der Waals surface area contributed by atoms with Crippen molar-refractivity contribution in [2.75, 3.05) is 29.9 Å². The standard InChI is InChI=1S/C33H33ClFN7O3/c34-26-15-23(8-9-27(26)35)28-18-41(17-24-7-4-12-42(24)33(44)45-19-21-5-2-1-3-6-21)31(38-28)22-10-13-40(14-11-22)32-25-16-29(43)39-30(25)36-20-37-32/h1-3,5-6,8-9,15,18,20,22,24H,4,7,10-14,16-17,19H2,(H,36,37,39,43). The van der Waals surface area contributed by atoms with Crippen LogP contribution in [0.15, 0.2) is 61.1 Å². The van der Waals surface area contributed by atoms with E-state index in [1.165, 1.54) is 12.4 Å². The van der Waals surface area contributed by atoms with Crippen LogP contribution in [0.25, 0.3) is 11.3 Å². The van der Waals surface area contributed by atoms with Gasteiger partial charge < -0.3 is 24.4 Å². The van der Waals surface area contributed by atoms with Gasteiger partial charge >= 0.3 is 6.09 Å². The van der Waals surface area contributed by atoms with Crippen molar-refractivity contribution >= 4 is 35.2 Å². The van der Waals surface area contributed by atoms with Crippen molar-refractivity contribution in [3.63, 3.8) is 0 Å². The van der Waals surface area contributed by atoms with Crippen LogP contribution in [0.5, 0.6) is 0 Å². The minimum atomic E-state index is -0.476. The van der Waals surface area contributed by atoms with E-state index in [1.807, 2.05) is 41.4 Å². The molecule has 2 fully saturated rings. The fourth-order valence-corrected chi connectivity index (χ4v) is 6.80. The summed E-state index contributed by atoms with van der Waals surface area (Å²) in [6.07, 6.45) is 6.87. The number of imidazole rings is 1. The Hall–Kier alpha value is -4.51. The summed E-state index contributed by atoms with van der Waals surface area (Å²) < 4.78 is 21.8. The molecular weight excluding hydrogens is 597 g/mol. The van der Waals surface area contributed by atoms with Gasteiger partial charge in [-0.3, -0.25) is 4.79 Å². The predicted octanol–water partition coefficient (Wildman–Crippen LogP) is 5.81. The van der Waals surface area contributed by atoms with E-state index in [-0.39, 0.29) is 42.0 Å². The van der Waals surface area contributed by atoms with Gasteiger partial charge in [-0.1, -0.05) is 41.9 Å². The molecule has 3 aliphatic rings. The zero-order valence-corrected chi connectivity index (χ0v) is 25.4. The number of fused-ring (bicyclic) bond motifs is 1. The number of hydrogen-bond donors (Lipinski definition) is 1. The van der Waals surface area contributed by atoms with Crippen LogP contribution in [0.1, 0.15) is 48.6 Å². The van der Waals surface area contributed by atoms with Gasteiger partial charge in [-0.25, -0.2) is 24.1 Å². The van der Waals surface area contributed by atoms with Gasteiger partial charge in [0, 0.05) is 49.4 Å². The summed E-state index contributed by atoms with van der Waals surface area (Å²) >= 11 is 6.14. The average Bonchev–Trinajstić information content (AvgIpc) is 3.80. The van der Waals surface area contributed by atoms with E-state index in [0.29, 0.717) is 24.6 Å². The predicted molar refractivity (Wildman–Crippen MR) is 168 cm³/mol. The van der Waals surface area contributed by atoms with Crippen LogP contribution in [0.2, 0.25) is 5.02 Å². The first-order chi connectivity index (χ1) is 21.9. The fourth-order valence-electron chi connectivity index (χ4n) is 6.62. The number of likely N-dealkylation sites (tertiary alicyclic amines) is 1. The van der Waals surface area contributed by atoms with Crippen LogP contribution in [-0.2, 0) is 29.1 Å². The Morgan fingerprint density at radius 2 is 1.89 bits per heavy atom. The molecule has 4 aromatic rings. The highest BCUT2D eigenvalue weighted by atomic mass is 35.5. The fraction of sp³-hybridized carbons (Fsp3) is 0.364. The van der Waals surface area contributed by atoms with E-state index < -0.39 is 5.82 Å². The van der Waals surface area contributed by atoms with E-state index in [0.717, 1.165) is 67.1 Å². The molecule has 2 aromatic carbocycles. The summed E-state index contributed by atoms with van der Waals surface area (Å²) in [4.78, 5) is 43.0. The van der Waals surface area contributed by atoms with Gasteiger partial charge in [-0.15, -0.1) is 0 Å². The quantitative estimate of drug-likeness (QED) is 0.275. The van der Waals surface area contributed by atoms with Crippen molar-refractivity contribution in [3.05, 3.63) is 88.8 Å². The zero-order chi connectivity index (χ0) is 30.9. The van der Waals surface area contributed by atoms with Crippen molar-refractivity contribution in [3.8, 4) is 11.3 Å². The van der Waals surface area contributed by atoms with Crippen molar-refractivity contribution in [1.82, 2.24) is 24.4 Å². The second-order valence-electron chi connectivity index (χ2n) is 11.8. The first kappa shape index (κ1) is 29.2. The van der Waals surface area contributed by atoms with Gasteiger partial charge in [0.1, 0.15) is 36.2 Å². The minimum Gasteiger partial charge on any atom is -0.445 e. The van der Waals surface area contributed by atoms with E-state index >= 15 is 0 Å². The van der Waals surface area contributed by atoms with Crippen LogP contribution in [0.3, 0.4) is 0 Å². The highest BCUT2D eigenvalue weighted by Crippen LogP contribution is 2.36. The number of anilines is 2. The molecule has 3 aliphatic heterocycles. The third-order valence-corrected chi connectivity index (χ3v) is 9.21. The molecule has 1 atom stereocenters. The summed E-state index contributed by atoms with van der Waals surface area (Å²) in [6.45, 7) is 2.93. The number of aromatic nitrogens is 4. The number of benzene rings is 2. The summed E-state index contributed by atoms with van der Waals surface area (Å²) in [6, 6.07) is 14.3. The van der Waals surface area contributed by atoms with Gasteiger partial charge in [-0.05, 0) is 49.4 Å². The van der Waals surface area contributed by atoms with Crippen molar-refractivity contribution < 1.29 is 18.7 Å². The Balaban J connectivity index is 1.11. The van der Waals surface area contributed by atoms with Crippen LogP contribution in [0, 0.1) is 5.82 Å². The number of rotatable bonds is 7. The molecule has 7 rings (SSSR count). The lowest BCUT2D eigenvalue weighted by Crippen LogP contribution is -2.39. The number of ether oxygens (including phenoxy) is 1. The number of nitrogens with one attached hydrogen (secondary N) is 1. The number of nitrogens with zero attached hydrogens (tertiary/aromatic N) is 6. The van der Waals surface area contributed by atoms with Crippen molar-refractivity contribution in [2.45, 2.75) is 57.2 Å². The largest absolute Gasteiger partial charge is 0.445 e. The van der Waals surface area contributed by atoms with Gasteiger partial charge in [0.2, 0.25) is 5.91 Å². The van der Waals surface area contributed by atoms with Crippen molar-refractivity contribution in [2.24, 2.45) is 0 Å². The third kappa shape index (κ3) is 6.09. The molecule has 0 spiro atoms. The van der Waals surface area contributed by atoms with E-state index in [9.17, 15) is 14.0 Å². The molecule has 1 N–H and O–H groups in total. The first-order valence-corrected chi connectivity index (χ1v) is 15.7. The number of piperidine rings is 1. The molecule has 0 radical (unpaired) electrons. The normalized spacial score (nSPS) is 18.3. The molecule has 2 aromatic heterocycles. The van der Waals surface area contributed by atoms with Gasteiger partial charge in [-0.2, -0.15) is 0 Å². The number of amides is 2.